The van der Waals surface area contributed by atoms with E-state index in [2.05, 4.69) is 10.6 Å². The average molecular weight is 384 g/mol. The third kappa shape index (κ3) is 6.29. The van der Waals surface area contributed by atoms with E-state index in [1.54, 1.807) is 17.9 Å². The number of carbonyl (C=O) groups is 2. The van der Waals surface area contributed by atoms with Gasteiger partial charge in [0.05, 0.1) is 13.2 Å². The number of likely N-dealkylation sites (tertiary alicyclic amines) is 1. The molecule has 1 aliphatic heterocycles. The Balaban J connectivity index is 1.61. The molecule has 8 heteroatoms. The van der Waals surface area contributed by atoms with Gasteiger partial charge in [-0.1, -0.05) is 11.6 Å². The van der Waals surface area contributed by atoms with E-state index < -0.39 is 0 Å². The third-order valence-corrected chi connectivity index (χ3v) is 4.37. The molecule has 2 rings (SSSR count). The monoisotopic (exact) mass is 383 g/mol. The highest BCUT2D eigenvalue weighted by molar-refractivity contribution is 6.30. The van der Waals surface area contributed by atoms with Gasteiger partial charge in [-0.3, -0.25) is 0 Å². The normalized spacial score (nSPS) is 14.7. The maximum absolute atomic E-state index is 12.0. The van der Waals surface area contributed by atoms with Crippen LogP contribution in [-0.2, 0) is 4.74 Å². The van der Waals surface area contributed by atoms with Crippen LogP contribution in [0.3, 0.4) is 0 Å². The maximum Gasteiger partial charge on any atom is 0.409 e. The predicted octanol–water partition coefficient (Wildman–Crippen LogP) is 2.95. The Hall–Kier alpha value is -2.15. The lowest BCUT2D eigenvalue weighted by Gasteiger charge is -2.31. The standard InChI is InChI=1S/C18H26ClN3O4/c1-3-25-18(24)22-9-6-15(7-10-22)21-17(23)20-8-11-26-16-5-4-14(19)12-13(16)2/h4-5,12,15H,3,6-11H2,1-2H3,(H2,20,21,23). The molecule has 0 aliphatic carbocycles. The summed E-state index contributed by atoms with van der Waals surface area (Å²) in [7, 11) is 0. The molecule has 7 nitrogen and oxygen atoms in total. The number of aryl methyl sites for hydroxylation is 1. The summed E-state index contributed by atoms with van der Waals surface area (Å²) in [6.45, 7) is 6.02. The lowest BCUT2D eigenvalue weighted by atomic mass is 10.1. The van der Waals surface area contributed by atoms with Gasteiger partial charge in [0.2, 0.25) is 0 Å². The molecule has 3 amide bonds. The van der Waals surface area contributed by atoms with Crippen LogP contribution in [0.5, 0.6) is 5.75 Å². The first kappa shape index (κ1) is 20.2. The first-order valence-corrected chi connectivity index (χ1v) is 9.22. The number of nitrogens with one attached hydrogen (secondary N) is 2. The van der Waals surface area contributed by atoms with Crippen LogP contribution in [0.1, 0.15) is 25.3 Å². The smallest absolute Gasteiger partial charge is 0.409 e. The molecule has 0 atom stereocenters. The highest BCUT2D eigenvalue weighted by Gasteiger charge is 2.24. The number of urea groups is 1. The number of ether oxygens (including phenoxy) is 2. The van der Waals surface area contributed by atoms with Gasteiger partial charge in [0.1, 0.15) is 12.4 Å². The van der Waals surface area contributed by atoms with Crippen molar-refractivity contribution in [2.24, 2.45) is 0 Å². The fourth-order valence-electron chi connectivity index (χ4n) is 2.76. The Morgan fingerprint density at radius 3 is 2.69 bits per heavy atom. The van der Waals surface area contributed by atoms with Crippen molar-refractivity contribution in [2.45, 2.75) is 32.7 Å². The summed E-state index contributed by atoms with van der Waals surface area (Å²) in [6.07, 6.45) is 1.14. The van der Waals surface area contributed by atoms with Gasteiger partial charge in [0.25, 0.3) is 0 Å². The average Bonchev–Trinajstić information content (AvgIpc) is 2.61. The first-order chi connectivity index (χ1) is 12.5. The second-order valence-corrected chi connectivity index (χ2v) is 6.56. The van der Waals surface area contributed by atoms with Crippen LogP contribution in [0.4, 0.5) is 9.59 Å². The summed E-state index contributed by atoms with van der Waals surface area (Å²) in [5.74, 6) is 0.753. The quantitative estimate of drug-likeness (QED) is 0.740. The van der Waals surface area contributed by atoms with Crippen LogP contribution in [0.15, 0.2) is 18.2 Å². The van der Waals surface area contributed by atoms with Crippen LogP contribution in [0.25, 0.3) is 0 Å². The molecule has 0 radical (unpaired) electrons. The highest BCUT2D eigenvalue weighted by Crippen LogP contribution is 2.21. The number of carbonyl (C=O) groups excluding carboxylic acids is 2. The summed E-state index contributed by atoms with van der Waals surface area (Å²) in [5, 5.41) is 6.37. The summed E-state index contributed by atoms with van der Waals surface area (Å²) in [4.78, 5) is 25.3. The van der Waals surface area contributed by atoms with E-state index >= 15 is 0 Å². The zero-order valence-electron chi connectivity index (χ0n) is 15.2. The van der Waals surface area contributed by atoms with Gasteiger partial charge in [-0.15, -0.1) is 0 Å². The molecule has 0 saturated carbocycles. The minimum atomic E-state index is -0.287. The molecule has 2 N–H and O–H groups in total. The Kier molecular flexibility index (Phi) is 7.84. The molecule has 26 heavy (non-hydrogen) atoms. The van der Waals surface area contributed by atoms with Crippen LogP contribution >= 0.6 is 11.6 Å². The number of amides is 3. The van der Waals surface area contributed by atoms with Crippen molar-refractivity contribution in [3.8, 4) is 5.75 Å². The van der Waals surface area contributed by atoms with Gasteiger partial charge in [0, 0.05) is 24.2 Å². The van der Waals surface area contributed by atoms with Gasteiger partial charge in [-0.25, -0.2) is 9.59 Å². The van der Waals surface area contributed by atoms with Crippen LogP contribution in [-0.4, -0.2) is 55.9 Å². The molecule has 1 heterocycles. The number of piperidine rings is 1. The molecule has 1 aromatic rings. The number of hydrogen-bond donors (Lipinski definition) is 2. The van der Waals surface area contributed by atoms with Crippen LogP contribution < -0.4 is 15.4 Å². The zero-order chi connectivity index (χ0) is 18.9. The Bertz CT molecular complexity index is 618. The molecule has 144 valence electrons. The summed E-state index contributed by atoms with van der Waals surface area (Å²) in [6, 6.07) is 5.25. The molecule has 0 unspecified atom stereocenters. The summed E-state index contributed by atoms with van der Waals surface area (Å²) in [5.41, 5.74) is 0.954. The van der Waals surface area contributed by atoms with Crippen molar-refractivity contribution in [1.29, 1.82) is 0 Å². The second kappa shape index (κ2) is 10.1. The van der Waals surface area contributed by atoms with E-state index in [4.69, 9.17) is 21.1 Å². The number of nitrogens with zero attached hydrogens (tertiary/aromatic N) is 1. The Morgan fingerprint density at radius 1 is 1.31 bits per heavy atom. The van der Waals surface area contributed by atoms with Crippen molar-refractivity contribution < 1.29 is 19.1 Å². The number of halogens is 1. The van der Waals surface area contributed by atoms with Crippen LogP contribution in [0, 0.1) is 6.92 Å². The SMILES string of the molecule is CCOC(=O)N1CCC(NC(=O)NCCOc2ccc(Cl)cc2C)CC1. The van der Waals surface area contributed by atoms with E-state index in [1.165, 1.54) is 0 Å². The van der Waals surface area contributed by atoms with E-state index in [9.17, 15) is 9.59 Å². The van der Waals surface area contributed by atoms with Gasteiger partial charge >= 0.3 is 12.1 Å². The first-order valence-electron chi connectivity index (χ1n) is 8.84. The lowest BCUT2D eigenvalue weighted by molar-refractivity contribution is 0.0957. The van der Waals surface area contributed by atoms with Crippen molar-refractivity contribution in [2.75, 3.05) is 32.8 Å². The third-order valence-electron chi connectivity index (χ3n) is 4.14. The highest BCUT2D eigenvalue weighted by atomic mass is 35.5. The van der Waals surface area contributed by atoms with Gasteiger partial charge in [0.15, 0.2) is 0 Å². The largest absolute Gasteiger partial charge is 0.491 e. The van der Waals surface area contributed by atoms with Crippen molar-refractivity contribution in [3.63, 3.8) is 0 Å². The fourth-order valence-corrected chi connectivity index (χ4v) is 2.98. The molecule has 1 saturated heterocycles. The molecular weight excluding hydrogens is 358 g/mol. The molecule has 0 spiro atoms. The number of hydrogen-bond acceptors (Lipinski definition) is 4. The van der Waals surface area contributed by atoms with Crippen molar-refractivity contribution in [1.82, 2.24) is 15.5 Å². The molecular formula is C18H26ClN3O4. The topological polar surface area (TPSA) is 79.9 Å². The molecule has 1 fully saturated rings. The summed E-state index contributed by atoms with van der Waals surface area (Å²) < 4.78 is 10.6. The summed E-state index contributed by atoms with van der Waals surface area (Å²) >= 11 is 5.90. The Labute approximate surface area is 159 Å². The zero-order valence-corrected chi connectivity index (χ0v) is 16.0. The van der Waals surface area contributed by atoms with Crippen molar-refractivity contribution in [3.05, 3.63) is 28.8 Å². The number of benzene rings is 1. The van der Waals surface area contributed by atoms with E-state index in [-0.39, 0.29) is 18.2 Å². The molecule has 0 aromatic heterocycles. The fraction of sp³-hybridized carbons (Fsp3) is 0.556. The minimum absolute atomic E-state index is 0.0557. The Morgan fingerprint density at radius 2 is 2.04 bits per heavy atom. The predicted molar refractivity (Wildman–Crippen MR) is 99.8 cm³/mol. The second-order valence-electron chi connectivity index (χ2n) is 6.12. The van der Waals surface area contributed by atoms with Crippen LogP contribution in [0.2, 0.25) is 5.02 Å². The lowest BCUT2D eigenvalue weighted by Crippen LogP contribution is -2.49. The maximum atomic E-state index is 12.0. The van der Waals surface area contributed by atoms with E-state index in [0.717, 1.165) is 11.3 Å². The molecule has 0 bridgehead atoms. The van der Waals surface area contributed by atoms with Crippen molar-refractivity contribution >= 4 is 23.7 Å². The number of rotatable bonds is 6. The molecule has 1 aliphatic rings. The van der Waals surface area contributed by atoms with E-state index in [1.807, 2.05) is 19.1 Å². The van der Waals surface area contributed by atoms with Gasteiger partial charge < -0.3 is 25.0 Å². The molecule has 1 aromatic carbocycles. The van der Waals surface area contributed by atoms with Gasteiger partial charge in [-0.2, -0.15) is 0 Å². The van der Waals surface area contributed by atoms with Gasteiger partial charge in [-0.05, 0) is 50.5 Å². The van der Waals surface area contributed by atoms with E-state index in [0.29, 0.717) is 50.7 Å². The minimum Gasteiger partial charge on any atom is -0.491 e.